The first-order valence-corrected chi connectivity index (χ1v) is 6.05. The molecule has 0 spiro atoms. The van der Waals surface area contributed by atoms with E-state index in [1.165, 1.54) is 0 Å². The Morgan fingerprint density at radius 1 is 1.33 bits per heavy atom. The highest BCUT2D eigenvalue weighted by molar-refractivity contribution is 9.09. The van der Waals surface area contributed by atoms with Gasteiger partial charge in [0, 0.05) is 9.85 Å². The molecular weight excluding hydrogens is 285 g/mol. The van der Waals surface area contributed by atoms with Crippen LogP contribution in [0.25, 0.3) is 0 Å². The Hall–Kier alpha value is -0.150. The summed E-state index contributed by atoms with van der Waals surface area (Å²) in [6.45, 7) is 4.06. The number of rotatable bonds is 3. The second kappa shape index (κ2) is 5.26. The van der Waals surface area contributed by atoms with Crippen molar-refractivity contribution in [3.63, 3.8) is 0 Å². The highest BCUT2D eigenvalue weighted by Gasteiger charge is 2.19. The lowest BCUT2D eigenvalue weighted by atomic mass is 9.98. The van der Waals surface area contributed by atoms with Gasteiger partial charge in [0.1, 0.15) is 0 Å². The highest BCUT2D eigenvalue weighted by atomic mass is 79.9. The number of hydrogen-bond donors (Lipinski definition) is 0. The van der Waals surface area contributed by atoms with E-state index in [-0.39, 0.29) is 9.85 Å². The van der Waals surface area contributed by atoms with Gasteiger partial charge >= 0.3 is 0 Å². The van der Waals surface area contributed by atoms with Crippen molar-refractivity contribution in [2.75, 3.05) is 0 Å². The van der Waals surface area contributed by atoms with E-state index in [2.05, 4.69) is 15.9 Å². The van der Waals surface area contributed by atoms with Crippen LogP contribution >= 0.6 is 27.5 Å². The van der Waals surface area contributed by atoms with E-state index >= 15 is 0 Å². The zero-order valence-corrected chi connectivity index (χ0v) is 10.9. The molecule has 0 aliphatic heterocycles. The first-order valence-electron chi connectivity index (χ1n) is 4.75. The monoisotopic (exact) mass is 296 g/mol. The summed E-state index contributed by atoms with van der Waals surface area (Å²) in [6.07, 6.45) is 0.936. The fraction of sp³-hybridized carbons (Fsp3) is 0.455. The molecule has 0 fully saturated rings. The average Bonchev–Trinajstić information content (AvgIpc) is 2.21. The fourth-order valence-electron chi connectivity index (χ4n) is 1.26. The third kappa shape index (κ3) is 2.91. The molecule has 0 bridgehead atoms. The van der Waals surface area contributed by atoms with E-state index in [4.69, 9.17) is 11.6 Å². The highest BCUT2D eigenvalue weighted by Crippen LogP contribution is 2.37. The average molecular weight is 298 g/mol. The molecule has 0 aliphatic carbocycles. The van der Waals surface area contributed by atoms with Gasteiger partial charge in [0.05, 0.1) is 0 Å². The Kier molecular flexibility index (Phi) is 4.53. The third-order valence-corrected chi connectivity index (χ3v) is 4.20. The van der Waals surface area contributed by atoms with Crippen molar-refractivity contribution < 1.29 is 8.78 Å². The summed E-state index contributed by atoms with van der Waals surface area (Å²) in [6, 6.07) is 2.17. The van der Waals surface area contributed by atoms with Crippen molar-refractivity contribution in [1.82, 2.24) is 0 Å². The molecule has 2 unspecified atom stereocenters. The Morgan fingerprint density at radius 2 is 1.87 bits per heavy atom. The molecule has 1 aromatic rings. The lowest BCUT2D eigenvalue weighted by Crippen LogP contribution is -2.04. The van der Waals surface area contributed by atoms with Gasteiger partial charge in [0.2, 0.25) is 0 Å². The number of benzene rings is 1. The van der Waals surface area contributed by atoms with Gasteiger partial charge in [-0.3, -0.25) is 0 Å². The predicted octanol–water partition coefficient (Wildman–Crippen LogP) is 5.10. The topological polar surface area (TPSA) is 0 Å². The van der Waals surface area contributed by atoms with Crippen molar-refractivity contribution in [2.45, 2.75) is 25.1 Å². The van der Waals surface area contributed by atoms with E-state index in [0.29, 0.717) is 11.5 Å². The first-order chi connectivity index (χ1) is 6.97. The summed E-state index contributed by atoms with van der Waals surface area (Å²) >= 11 is 9.31. The maximum absolute atomic E-state index is 13.0. The smallest absolute Gasteiger partial charge is 0.160 e. The van der Waals surface area contributed by atoms with E-state index in [1.54, 1.807) is 0 Å². The summed E-state index contributed by atoms with van der Waals surface area (Å²) < 4.78 is 25.9. The Labute approximate surface area is 102 Å². The zero-order chi connectivity index (χ0) is 11.6. The molecule has 0 aromatic heterocycles. The Balaban J connectivity index is 3.09. The van der Waals surface area contributed by atoms with Crippen molar-refractivity contribution in [1.29, 1.82) is 0 Å². The molecule has 0 heterocycles. The number of alkyl halides is 1. The van der Waals surface area contributed by atoms with Crippen LogP contribution in [0.15, 0.2) is 12.1 Å². The van der Waals surface area contributed by atoms with Gasteiger partial charge < -0.3 is 0 Å². The molecule has 0 aliphatic rings. The van der Waals surface area contributed by atoms with Crippen LogP contribution in [-0.2, 0) is 0 Å². The second-order valence-corrected chi connectivity index (χ2v) is 4.97. The van der Waals surface area contributed by atoms with Gasteiger partial charge in [-0.2, -0.15) is 0 Å². The van der Waals surface area contributed by atoms with Gasteiger partial charge in [-0.1, -0.05) is 47.8 Å². The van der Waals surface area contributed by atoms with Crippen LogP contribution in [0.2, 0.25) is 5.02 Å². The summed E-state index contributed by atoms with van der Waals surface area (Å²) in [5.74, 6) is -1.46. The van der Waals surface area contributed by atoms with Crippen LogP contribution in [0.3, 0.4) is 0 Å². The molecule has 1 aromatic carbocycles. The van der Waals surface area contributed by atoms with Gasteiger partial charge in [-0.05, 0) is 23.6 Å². The molecule has 4 heteroatoms. The first kappa shape index (κ1) is 12.9. The quantitative estimate of drug-likeness (QED) is 0.538. The molecule has 0 radical (unpaired) electrons. The molecule has 0 N–H and O–H groups in total. The normalized spacial score (nSPS) is 15.1. The summed E-state index contributed by atoms with van der Waals surface area (Å²) in [4.78, 5) is -0.0508. The van der Waals surface area contributed by atoms with E-state index in [0.717, 1.165) is 18.6 Å². The molecule has 84 valence electrons. The minimum Gasteiger partial charge on any atom is -0.204 e. The molecule has 2 atom stereocenters. The fourth-order valence-corrected chi connectivity index (χ4v) is 2.42. The lowest BCUT2D eigenvalue weighted by molar-refractivity contribution is 0.502. The van der Waals surface area contributed by atoms with Crippen LogP contribution in [0.4, 0.5) is 8.78 Å². The second-order valence-electron chi connectivity index (χ2n) is 3.58. The van der Waals surface area contributed by atoms with Crippen LogP contribution < -0.4 is 0 Å². The van der Waals surface area contributed by atoms with Gasteiger partial charge in [0.15, 0.2) is 11.6 Å². The Morgan fingerprint density at radius 3 is 2.40 bits per heavy atom. The molecule has 0 saturated carbocycles. The maximum Gasteiger partial charge on any atom is 0.160 e. The van der Waals surface area contributed by atoms with Crippen molar-refractivity contribution >= 4 is 27.5 Å². The molecule has 0 nitrogen and oxygen atoms in total. The number of halogens is 4. The van der Waals surface area contributed by atoms with E-state index < -0.39 is 11.6 Å². The van der Waals surface area contributed by atoms with E-state index in [9.17, 15) is 8.78 Å². The zero-order valence-electron chi connectivity index (χ0n) is 8.53. The van der Waals surface area contributed by atoms with Crippen molar-refractivity contribution in [3.05, 3.63) is 34.4 Å². The summed E-state index contributed by atoms with van der Waals surface area (Å²) in [7, 11) is 0. The molecule has 0 saturated heterocycles. The Bertz CT molecular complexity index is 355. The van der Waals surface area contributed by atoms with Crippen LogP contribution in [0.5, 0.6) is 0 Å². The molecule has 1 rings (SSSR count). The summed E-state index contributed by atoms with van der Waals surface area (Å²) in [5.41, 5.74) is 0.602. The number of hydrogen-bond acceptors (Lipinski definition) is 0. The van der Waals surface area contributed by atoms with Crippen LogP contribution in [-0.4, -0.2) is 0 Å². The standard InChI is InChI=1S/C11H12BrClF2/c1-3-6(2)11(12)7-4-9(14)10(15)5-8(7)13/h4-6,11H,3H2,1-2H3. The lowest BCUT2D eigenvalue weighted by Gasteiger charge is -2.18. The minimum absolute atomic E-state index is 0.0508. The minimum atomic E-state index is -0.910. The third-order valence-electron chi connectivity index (χ3n) is 2.48. The SMILES string of the molecule is CCC(C)C(Br)c1cc(F)c(F)cc1Cl. The van der Waals surface area contributed by atoms with Crippen molar-refractivity contribution in [2.24, 2.45) is 5.92 Å². The van der Waals surface area contributed by atoms with Gasteiger partial charge in [-0.25, -0.2) is 8.78 Å². The summed E-state index contributed by atoms with van der Waals surface area (Å²) in [5, 5.41) is 0.260. The van der Waals surface area contributed by atoms with Gasteiger partial charge in [-0.15, -0.1) is 0 Å². The predicted molar refractivity (Wildman–Crippen MR) is 62.5 cm³/mol. The maximum atomic E-state index is 13.0. The van der Waals surface area contributed by atoms with Crippen molar-refractivity contribution in [3.8, 4) is 0 Å². The van der Waals surface area contributed by atoms with E-state index in [1.807, 2.05) is 13.8 Å². The van der Waals surface area contributed by atoms with Crippen LogP contribution in [0, 0.1) is 17.6 Å². The molecule has 0 amide bonds. The van der Waals surface area contributed by atoms with Gasteiger partial charge in [0.25, 0.3) is 0 Å². The largest absolute Gasteiger partial charge is 0.204 e. The molecule has 15 heavy (non-hydrogen) atoms. The van der Waals surface area contributed by atoms with Crippen LogP contribution in [0.1, 0.15) is 30.7 Å². The molecular formula is C11H12BrClF2.